The van der Waals surface area contributed by atoms with Crippen LogP contribution in [0.25, 0.3) is 0 Å². The summed E-state index contributed by atoms with van der Waals surface area (Å²) in [5, 5.41) is 0. The molecule has 0 bridgehead atoms. The molecule has 0 amide bonds. The van der Waals surface area contributed by atoms with Crippen LogP contribution in [-0.4, -0.2) is 21.8 Å². The standard InChI is InChI=1S/C11H17NO3S/c1-4-9(12)8-5-6-10(15-2)11(7-8)16(3,13)14/h5-7,9H,4,12H2,1-3H3/t9-/m0/s1. The van der Waals surface area contributed by atoms with Gasteiger partial charge >= 0.3 is 0 Å². The molecule has 5 heteroatoms. The van der Waals surface area contributed by atoms with Crippen LogP contribution in [0, 0.1) is 0 Å². The van der Waals surface area contributed by atoms with Crippen LogP contribution in [0.5, 0.6) is 5.75 Å². The molecular weight excluding hydrogens is 226 g/mol. The summed E-state index contributed by atoms with van der Waals surface area (Å²) in [6.07, 6.45) is 1.92. The average molecular weight is 243 g/mol. The molecule has 0 aliphatic heterocycles. The minimum atomic E-state index is -3.29. The van der Waals surface area contributed by atoms with Crippen molar-refractivity contribution in [2.24, 2.45) is 5.73 Å². The fraction of sp³-hybridized carbons (Fsp3) is 0.455. The third-order valence-electron chi connectivity index (χ3n) is 2.46. The number of hydrogen-bond donors (Lipinski definition) is 1. The van der Waals surface area contributed by atoms with Crippen molar-refractivity contribution in [2.45, 2.75) is 24.3 Å². The summed E-state index contributed by atoms with van der Waals surface area (Å²) in [4.78, 5) is 0.191. The molecule has 0 fully saturated rings. The van der Waals surface area contributed by atoms with Gasteiger partial charge in [0.2, 0.25) is 0 Å². The lowest BCUT2D eigenvalue weighted by Gasteiger charge is -2.13. The molecule has 0 unspecified atom stereocenters. The Morgan fingerprint density at radius 1 is 1.44 bits per heavy atom. The fourth-order valence-electron chi connectivity index (χ4n) is 1.45. The summed E-state index contributed by atoms with van der Waals surface area (Å²) in [6, 6.07) is 4.87. The molecule has 0 aliphatic carbocycles. The molecule has 0 aliphatic rings. The molecule has 1 atom stereocenters. The second-order valence-corrected chi connectivity index (χ2v) is 5.68. The number of nitrogens with two attached hydrogens (primary N) is 1. The molecule has 1 aromatic rings. The van der Waals surface area contributed by atoms with E-state index in [-0.39, 0.29) is 10.9 Å². The van der Waals surface area contributed by atoms with E-state index in [4.69, 9.17) is 10.5 Å². The number of rotatable bonds is 4. The first kappa shape index (κ1) is 13.0. The Hall–Kier alpha value is -1.07. The van der Waals surface area contributed by atoms with Gasteiger partial charge in [0.15, 0.2) is 9.84 Å². The van der Waals surface area contributed by atoms with Crippen LogP contribution >= 0.6 is 0 Å². The molecule has 0 heterocycles. The van der Waals surface area contributed by atoms with E-state index in [1.165, 1.54) is 7.11 Å². The lowest BCUT2D eigenvalue weighted by molar-refractivity contribution is 0.402. The summed E-state index contributed by atoms with van der Waals surface area (Å²) >= 11 is 0. The Morgan fingerprint density at radius 2 is 2.06 bits per heavy atom. The highest BCUT2D eigenvalue weighted by atomic mass is 32.2. The van der Waals surface area contributed by atoms with Crippen LogP contribution in [-0.2, 0) is 9.84 Å². The molecule has 16 heavy (non-hydrogen) atoms. The SMILES string of the molecule is CC[C@H](N)c1ccc(OC)c(S(C)(=O)=O)c1. The maximum atomic E-state index is 11.6. The zero-order valence-electron chi connectivity index (χ0n) is 9.73. The summed E-state index contributed by atoms with van der Waals surface area (Å²) in [5.41, 5.74) is 6.67. The molecule has 4 nitrogen and oxygen atoms in total. The fourth-order valence-corrected chi connectivity index (χ4v) is 2.32. The molecule has 0 aromatic heterocycles. The summed E-state index contributed by atoms with van der Waals surface area (Å²) in [7, 11) is -1.84. The number of methoxy groups -OCH3 is 1. The quantitative estimate of drug-likeness (QED) is 0.870. The zero-order chi connectivity index (χ0) is 12.3. The van der Waals surface area contributed by atoms with Crippen LogP contribution in [0.4, 0.5) is 0 Å². The number of benzene rings is 1. The van der Waals surface area contributed by atoms with Crippen LogP contribution in [0.1, 0.15) is 24.9 Å². The van der Waals surface area contributed by atoms with Crippen molar-refractivity contribution in [1.29, 1.82) is 0 Å². The first-order valence-electron chi connectivity index (χ1n) is 5.03. The van der Waals surface area contributed by atoms with E-state index in [9.17, 15) is 8.42 Å². The molecule has 1 rings (SSSR count). The highest BCUT2D eigenvalue weighted by molar-refractivity contribution is 7.90. The van der Waals surface area contributed by atoms with E-state index in [1.54, 1.807) is 18.2 Å². The van der Waals surface area contributed by atoms with Crippen LogP contribution < -0.4 is 10.5 Å². The highest BCUT2D eigenvalue weighted by Crippen LogP contribution is 2.27. The average Bonchev–Trinajstić information content (AvgIpc) is 2.26. The monoisotopic (exact) mass is 243 g/mol. The summed E-state index contributed by atoms with van der Waals surface area (Å²) < 4.78 is 28.1. The molecule has 0 saturated heterocycles. The van der Waals surface area contributed by atoms with E-state index >= 15 is 0 Å². The number of sulfone groups is 1. The van der Waals surface area contributed by atoms with Crippen molar-refractivity contribution >= 4 is 9.84 Å². The number of hydrogen-bond acceptors (Lipinski definition) is 4. The van der Waals surface area contributed by atoms with E-state index in [1.807, 2.05) is 6.92 Å². The maximum Gasteiger partial charge on any atom is 0.179 e. The Kier molecular flexibility index (Phi) is 3.93. The first-order chi connectivity index (χ1) is 7.40. The van der Waals surface area contributed by atoms with Gasteiger partial charge in [-0.15, -0.1) is 0 Å². The highest BCUT2D eigenvalue weighted by Gasteiger charge is 2.16. The van der Waals surface area contributed by atoms with Gasteiger partial charge < -0.3 is 10.5 Å². The lowest BCUT2D eigenvalue weighted by atomic mass is 10.1. The van der Waals surface area contributed by atoms with Crippen molar-refractivity contribution in [3.05, 3.63) is 23.8 Å². The minimum Gasteiger partial charge on any atom is -0.495 e. The molecule has 2 N–H and O–H groups in total. The van der Waals surface area contributed by atoms with E-state index in [0.717, 1.165) is 18.2 Å². The third kappa shape index (κ3) is 2.74. The Morgan fingerprint density at radius 3 is 2.50 bits per heavy atom. The molecular formula is C11H17NO3S. The summed E-state index contributed by atoms with van der Waals surface area (Å²) in [6.45, 7) is 1.95. The summed E-state index contributed by atoms with van der Waals surface area (Å²) in [5.74, 6) is 0.356. The Labute approximate surface area is 96.3 Å². The van der Waals surface area contributed by atoms with E-state index in [2.05, 4.69) is 0 Å². The molecule has 0 spiro atoms. The molecule has 90 valence electrons. The van der Waals surface area contributed by atoms with Crippen molar-refractivity contribution in [3.63, 3.8) is 0 Å². The van der Waals surface area contributed by atoms with Gasteiger partial charge in [0.05, 0.1) is 7.11 Å². The van der Waals surface area contributed by atoms with E-state index < -0.39 is 9.84 Å². The van der Waals surface area contributed by atoms with Crippen LogP contribution in [0.15, 0.2) is 23.1 Å². The molecule has 0 saturated carbocycles. The lowest BCUT2D eigenvalue weighted by Crippen LogP contribution is -2.10. The first-order valence-corrected chi connectivity index (χ1v) is 6.92. The Balaban J connectivity index is 3.33. The second-order valence-electron chi connectivity index (χ2n) is 3.70. The van der Waals surface area contributed by atoms with E-state index in [0.29, 0.717) is 5.75 Å². The van der Waals surface area contributed by atoms with Gasteiger partial charge in [0, 0.05) is 12.3 Å². The van der Waals surface area contributed by atoms with Gasteiger partial charge in [-0.2, -0.15) is 0 Å². The van der Waals surface area contributed by atoms with Gasteiger partial charge in [0.25, 0.3) is 0 Å². The van der Waals surface area contributed by atoms with Crippen molar-refractivity contribution in [1.82, 2.24) is 0 Å². The third-order valence-corrected chi connectivity index (χ3v) is 3.57. The molecule has 1 aromatic carbocycles. The van der Waals surface area contributed by atoms with Gasteiger partial charge in [-0.1, -0.05) is 13.0 Å². The largest absolute Gasteiger partial charge is 0.495 e. The smallest absolute Gasteiger partial charge is 0.179 e. The van der Waals surface area contributed by atoms with Gasteiger partial charge in [-0.05, 0) is 24.1 Å². The predicted molar refractivity (Wildman–Crippen MR) is 63.3 cm³/mol. The predicted octanol–water partition coefficient (Wildman–Crippen LogP) is 1.51. The van der Waals surface area contributed by atoms with Crippen molar-refractivity contribution in [2.75, 3.05) is 13.4 Å². The van der Waals surface area contributed by atoms with Gasteiger partial charge in [-0.3, -0.25) is 0 Å². The van der Waals surface area contributed by atoms with Crippen LogP contribution in [0.3, 0.4) is 0 Å². The van der Waals surface area contributed by atoms with Crippen molar-refractivity contribution < 1.29 is 13.2 Å². The maximum absolute atomic E-state index is 11.6. The van der Waals surface area contributed by atoms with Crippen molar-refractivity contribution in [3.8, 4) is 5.75 Å². The zero-order valence-corrected chi connectivity index (χ0v) is 10.5. The minimum absolute atomic E-state index is 0.147. The normalized spacial score (nSPS) is 13.5. The second kappa shape index (κ2) is 4.84. The topological polar surface area (TPSA) is 69.4 Å². The van der Waals surface area contributed by atoms with Gasteiger partial charge in [0.1, 0.15) is 10.6 Å². The molecule has 0 radical (unpaired) electrons. The number of ether oxygens (including phenoxy) is 1. The van der Waals surface area contributed by atoms with Crippen LogP contribution in [0.2, 0.25) is 0 Å². The Bertz CT molecular complexity index is 468. The van der Waals surface area contributed by atoms with Gasteiger partial charge in [-0.25, -0.2) is 8.42 Å².